The van der Waals surface area contributed by atoms with Gasteiger partial charge in [-0.1, -0.05) is 35.9 Å². The molecule has 1 aromatic carbocycles. The maximum atomic E-state index is 6.05. The molecule has 0 spiro atoms. The van der Waals surface area contributed by atoms with Crippen LogP contribution in [0.4, 0.5) is 0 Å². The van der Waals surface area contributed by atoms with Crippen LogP contribution in [0.3, 0.4) is 0 Å². The van der Waals surface area contributed by atoms with Crippen molar-refractivity contribution in [2.75, 3.05) is 6.54 Å². The van der Waals surface area contributed by atoms with Crippen LogP contribution < -0.4 is 5.73 Å². The Bertz CT molecular complexity index is 454. The van der Waals surface area contributed by atoms with E-state index in [2.05, 4.69) is 4.98 Å². The third-order valence-corrected chi connectivity index (χ3v) is 2.44. The van der Waals surface area contributed by atoms with E-state index in [1.165, 1.54) is 0 Å². The molecule has 0 bridgehead atoms. The van der Waals surface area contributed by atoms with Crippen LogP contribution in [0.1, 0.15) is 5.69 Å². The summed E-state index contributed by atoms with van der Waals surface area (Å²) in [5.74, 6) is 0. The zero-order valence-electron chi connectivity index (χ0n) is 7.70. The summed E-state index contributed by atoms with van der Waals surface area (Å²) in [6, 6.07) is 9.98. The van der Waals surface area contributed by atoms with E-state index < -0.39 is 0 Å². The Kier molecular flexibility index (Phi) is 2.66. The van der Waals surface area contributed by atoms with Gasteiger partial charge in [0, 0.05) is 17.5 Å². The van der Waals surface area contributed by atoms with Crippen molar-refractivity contribution in [3.8, 4) is 0 Å². The van der Waals surface area contributed by atoms with Crippen molar-refractivity contribution in [2.24, 2.45) is 5.73 Å². The fourth-order valence-electron chi connectivity index (χ4n) is 1.48. The third kappa shape index (κ3) is 1.72. The highest BCUT2D eigenvalue weighted by molar-refractivity contribution is 6.34. The van der Waals surface area contributed by atoms with E-state index in [4.69, 9.17) is 17.3 Å². The highest BCUT2D eigenvalue weighted by atomic mass is 35.5. The van der Waals surface area contributed by atoms with Gasteiger partial charge in [0.05, 0.1) is 0 Å². The quantitative estimate of drug-likeness (QED) is 0.767. The van der Waals surface area contributed by atoms with Crippen molar-refractivity contribution in [2.45, 2.75) is 6.42 Å². The number of nitrogens with two attached hydrogens (primary N) is 1. The number of rotatable bonds is 2. The number of pyridine rings is 1. The number of hydrogen-bond acceptors (Lipinski definition) is 2. The molecule has 14 heavy (non-hydrogen) atoms. The Labute approximate surface area is 87.7 Å². The van der Waals surface area contributed by atoms with Crippen LogP contribution in [0.2, 0.25) is 5.15 Å². The molecule has 2 N–H and O–H groups in total. The summed E-state index contributed by atoms with van der Waals surface area (Å²) in [6.07, 6.45) is 0.768. The molecular weight excluding hydrogens is 196 g/mol. The van der Waals surface area contributed by atoms with E-state index in [-0.39, 0.29) is 0 Å². The molecule has 0 aliphatic carbocycles. The first-order valence-corrected chi connectivity index (χ1v) is 4.93. The molecule has 0 fully saturated rings. The Hall–Kier alpha value is -1.12. The van der Waals surface area contributed by atoms with E-state index in [0.717, 1.165) is 22.9 Å². The second kappa shape index (κ2) is 3.95. The molecule has 0 atom stereocenters. The largest absolute Gasteiger partial charge is 0.330 e. The molecule has 2 aromatic rings. The Morgan fingerprint density at radius 3 is 2.86 bits per heavy atom. The minimum atomic E-state index is 0.562. The van der Waals surface area contributed by atoms with Crippen LogP contribution in [0.15, 0.2) is 30.3 Å². The Balaban J connectivity index is 2.60. The summed E-state index contributed by atoms with van der Waals surface area (Å²) in [6.45, 7) is 0.599. The van der Waals surface area contributed by atoms with Gasteiger partial charge in [-0.25, -0.2) is 4.98 Å². The van der Waals surface area contributed by atoms with Crippen LogP contribution in [0.5, 0.6) is 0 Å². The first-order chi connectivity index (χ1) is 6.81. The molecular formula is C11H11ClN2. The van der Waals surface area contributed by atoms with Gasteiger partial charge in [0.1, 0.15) is 5.15 Å². The maximum absolute atomic E-state index is 6.05. The molecule has 0 saturated carbocycles. The molecule has 72 valence electrons. The number of hydrogen-bond donors (Lipinski definition) is 1. The van der Waals surface area contributed by atoms with Crippen LogP contribution in [0, 0.1) is 0 Å². The van der Waals surface area contributed by atoms with Crippen molar-refractivity contribution >= 4 is 22.4 Å². The highest BCUT2D eigenvalue weighted by Crippen LogP contribution is 2.22. The lowest BCUT2D eigenvalue weighted by Gasteiger charge is -2.03. The van der Waals surface area contributed by atoms with E-state index >= 15 is 0 Å². The second-order valence-corrected chi connectivity index (χ2v) is 3.52. The van der Waals surface area contributed by atoms with Crippen molar-refractivity contribution < 1.29 is 0 Å². The van der Waals surface area contributed by atoms with Gasteiger partial charge in [-0.05, 0) is 18.0 Å². The fraction of sp³-hybridized carbons (Fsp3) is 0.182. The summed E-state index contributed by atoms with van der Waals surface area (Å²) in [4.78, 5) is 4.28. The monoisotopic (exact) mass is 206 g/mol. The molecule has 0 saturated heterocycles. The lowest BCUT2D eigenvalue weighted by Crippen LogP contribution is -2.04. The van der Waals surface area contributed by atoms with Crippen molar-refractivity contribution in [3.63, 3.8) is 0 Å². The number of nitrogens with zero attached hydrogens (tertiary/aromatic N) is 1. The molecule has 0 unspecified atom stereocenters. The summed E-state index contributed by atoms with van der Waals surface area (Å²) in [7, 11) is 0. The minimum Gasteiger partial charge on any atom is -0.330 e. The number of fused-ring (bicyclic) bond motifs is 1. The van der Waals surface area contributed by atoms with Gasteiger partial charge in [0.15, 0.2) is 0 Å². The van der Waals surface area contributed by atoms with Gasteiger partial charge in [-0.3, -0.25) is 0 Å². The van der Waals surface area contributed by atoms with Crippen LogP contribution >= 0.6 is 11.6 Å². The van der Waals surface area contributed by atoms with Gasteiger partial charge in [0.2, 0.25) is 0 Å². The molecule has 2 nitrogen and oxygen atoms in total. The fourth-order valence-corrected chi connectivity index (χ4v) is 1.77. The predicted octanol–water partition coefficient (Wildman–Crippen LogP) is 2.39. The average Bonchev–Trinajstić information content (AvgIpc) is 2.18. The summed E-state index contributed by atoms with van der Waals surface area (Å²) in [5, 5.41) is 2.68. The standard InChI is InChI=1S/C11H11ClN2/c12-11-10-4-2-1-3-8(10)7-9(14-11)5-6-13/h1-4,7H,5-6,13H2. The maximum Gasteiger partial charge on any atom is 0.137 e. The summed E-state index contributed by atoms with van der Waals surface area (Å²) in [5.41, 5.74) is 6.43. The highest BCUT2D eigenvalue weighted by Gasteiger charge is 2.02. The molecule has 1 aromatic heterocycles. The molecule has 0 radical (unpaired) electrons. The lowest BCUT2D eigenvalue weighted by molar-refractivity contribution is 0.927. The van der Waals surface area contributed by atoms with E-state index in [1.807, 2.05) is 30.3 Å². The van der Waals surface area contributed by atoms with Crippen molar-refractivity contribution in [1.82, 2.24) is 4.98 Å². The topological polar surface area (TPSA) is 38.9 Å². The van der Waals surface area contributed by atoms with Crippen LogP contribution in [0.25, 0.3) is 10.8 Å². The van der Waals surface area contributed by atoms with Gasteiger partial charge in [-0.15, -0.1) is 0 Å². The molecule has 0 aliphatic heterocycles. The number of aromatic nitrogens is 1. The van der Waals surface area contributed by atoms with E-state index in [1.54, 1.807) is 0 Å². The van der Waals surface area contributed by atoms with Gasteiger partial charge in [-0.2, -0.15) is 0 Å². The summed E-state index contributed by atoms with van der Waals surface area (Å²) >= 11 is 6.05. The smallest absolute Gasteiger partial charge is 0.137 e. The van der Waals surface area contributed by atoms with Crippen LogP contribution in [-0.2, 0) is 6.42 Å². The lowest BCUT2D eigenvalue weighted by atomic mass is 10.1. The average molecular weight is 207 g/mol. The molecule has 0 aliphatic rings. The number of halogens is 1. The van der Waals surface area contributed by atoms with Crippen molar-refractivity contribution in [1.29, 1.82) is 0 Å². The van der Waals surface area contributed by atoms with Gasteiger partial charge < -0.3 is 5.73 Å². The van der Waals surface area contributed by atoms with Crippen molar-refractivity contribution in [3.05, 3.63) is 41.2 Å². The normalized spacial score (nSPS) is 10.7. The Morgan fingerprint density at radius 2 is 2.07 bits per heavy atom. The second-order valence-electron chi connectivity index (χ2n) is 3.16. The summed E-state index contributed by atoms with van der Waals surface area (Å²) < 4.78 is 0. The van der Waals surface area contributed by atoms with E-state index in [0.29, 0.717) is 11.7 Å². The molecule has 3 heteroatoms. The minimum absolute atomic E-state index is 0.562. The Morgan fingerprint density at radius 1 is 1.29 bits per heavy atom. The zero-order valence-corrected chi connectivity index (χ0v) is 8.46. The first kappa shape index (κ1) is 9.44. The SMILES string of the molecule is NCCc1cc2ccccc2c(Cl)n1. The van der Waals surface area contributed by atoms with Gasteiger partial charge in [0.25, 0.3) is 0 Å². The first-order valence-electron chi connectivity index (χ1n) is 4.55. The zero-order chi connectivity index (χ0) is 9.97. The molecule has 1 heterocycles. The van der Waals surface area contributed by atoms with E-state index in [9.17, 15) is 0 Å². The predicted molar refractivity (Wildman–Crippen MR) is 59.5 cm³/mol. The van der Waals surface area contributed by atoms with Gasteiger partial charge >= 0.3 is 0 Å². The molecule has 0 amide bonds. The number of benzene rings is 1. The third-order valence-electron chi connectivity index (χ3n) is 2.15. The molecule has 2 rings (SSSR count). The van der Waals surface area contributed by atoms with Crippen LogP contribution in [-0.4, -0.2) is 11.5 Å².